The van der Waals surface area contributed by atoms with Gasteiger partial charge in [0.15, 0.2) is 0 Å². The van der Waals surface area contributed by atoms with E-state index in [2.05, 4.69) is 9.64 Å². The molecule has 0 amide bonds. The number of benzene rings is 1. The molecule has 21 heavy (non-hydrogen) atoms. The Hall–Kier alpha value is -1.50. The average molecular weight is 296 g/mol. The van der Waals surface area contributed by atoms with Crippen molar-refractivity contribution in [2.75, 3.05) is 26.8 Å². The molecule has 1 fully saturated rings. The van der Waals surface area contributed by atoms with Crippen LogP contribution in [0.15, 0.2) is 18.2 Å². The fourth-order valence-electron chi connectivity index (χ4n) is 2.50. The van der Waals surface area contributed by atoms with Crippen LogP contribution in [0.4, 0.5) is 4.39 Å². The van der Waals surface area contributed by atoms with Gasteiger partial charge in [-0.15, -0.1) is 0 Å². The summed E-state index contributed by atoms with van der Waals surface area (Å²) in [7, 11) is 1.37. The van der Waals surface area contributed by atoms with Gasteiger partial charge in [-0.05, 0) is 23.3 Å². The molecule has 0 bridgehead atoms. The van der Waals surface area contributed by atoms with Crippen LogP contribution in [0.2, 0.25) is 0 Å². The first kappa shape index (κ1) is 15.9. The zero-order valence-corrected chi connectivity index (χ0v) is 12.2. The number of halogens is 1. The minimum Gasteiger partial charge on any atom is -0.469 e. The topological polar surface area (TPSA) is 64.8 Å². The van der Waals surface area contributed by atoms with Crippen molar-refractivity contribution < 1.29 is 18.7 Å². The minimum atomic E-state index is -0.273. The van der Waals surface area contributed by atoms with Crippen LogP contribution >= 0.6 is 0 Å². The number of hydrogen-bond acceptors (Lipinski definition) is 5. The number of nitrogens with zero attached hydrogens (tertiary/aromatic N) is 1. The van der Waals surface area contributed by atoms with Gasteiger partial charge < -0.3 is 15.2 Å². The Morgan fingerprint density at radius 3 is 3.05 bits per heavy atom. The molecule has 1 aromatic rings. The SMILES string of the molecule is COC(=O)CC1CN(Cc2ccc(F)cc2CN)CCO1. The van der Waals surface area contributed by atoms with Gasteiger partial charge in [0, 0.05) is 26.2 Å². The molecule has 1 aromatic carbocycles. The van der Waals surface area contributed by atoms with E-state index in [1.807, 2.05) is 0 Å². The molecule has 5 nitrogen and oxygen atoms in total. The first-order valence-electron chi connectivity index (χ1n) is 7.00. The van der Waals surface area contributed by atoms with Crippen molar-refractivity contribution in [3.05, 3.63) is 35.1 Å². The van der Waals surface area contributed by atoms with Crippen molar-refractivity contribution in [3.63, 3.8) is 0 Å². The van der Waals surface area contributed by atoms with E-state index < -0.39 is 0 Å². The third-order valence-electron chi connectivity index (χ3n) is 3.63. The fraction of sp³-hybridized carbons (Fsp3) is 0.533. The van der Waals surface area contributed by atoms with Crippen molar-refractivity contribution >= 4 is 5.97 Å². The Kier molecular flexibility index (Phi) is 5.67. The summed E-state index contributed by atoms with van der Waals surface area (Å²) in [6.07, 6.45) is 0.0909. The summed E-state index contributed by atoms with van der Waals surface area (Å²) >= 11 is 0. The van der Waals surface area contributed by atoms with Crippen molar-refractivity contribution in [1.82, 2.24) is 4.90 Å². The Labute approximate surface area is 123 Å². The molecule has 6 heteroatoms. The van der Waals surface area contributed by atoms with Crippen molar-refractivity contribution in [2.24, 2.45) is 5.73 Å². The number of hydrogen-bond donors (Lipinski definition) is 1. The molecule has 0 radical (unpaired) electrons. The van der Waals surface area contributed by atoms with Gasteiger partial charge in [-0.25, -0.2) is 4.39 Å². The fourth-order valence-corrected chi connectivity index (χ4v) is 2.50. The molecule has 2 rings (SSSR count). The second-order valence-electron chi connectivity index (χ2n) is 5.13. The second-order valence-corrected chi connectivity index (χ2v) is 5.13. The maximum atomic E-state index is 13.2. The van der Waals surface area contributed by atoms with Gasteiger partial charge in [0.2, 0.25) is 0 Å². The number of rotatable bonds is 5. The van der Waals surface area contributed by atoms with E-state index in [1.165, 1.54) is 19.2 Å². The second kappa shape index (κ2) is 7.49. The van der Waals surface area contributed by atoms with Crippen LogP contribution in [0.5, 0.6) is 0 Å². The lowest BCUT2D eigenvalue weighted by atomic mass is 10.1. The summed E-state index contributed by atoms with van der Waals surface area (Å²) < 4.78 is 23.4. The Morgan fingerprint density at radius 2 is 2.33 bits per heavy atom. The molecule has 1 aliphatic heterocycles. The van der Waals surface area contributed by atoms with E-state index in [9.17, 15) is 9.18 Å². The number of methoxy groups -OCH3 is 1. The normalized spacial score (nSPS) is 19.5. The highest BCUT2D eigenvalue weighted by Gasteiger charge is 2.23. The van der Waals surface area contributed by atoms with Gasteiger partial charge in [0.05, 0.1) is 26.2 Å². The van der Waals surface area contributed by atoms with Crippen molar-refractivity contribution in [3.8, 4) is 0 Å². The van der Waals surface area contributed by atoms with Gasteiger partial charge in [-0.3, -0.25) is 9.69 Å². The molecular formula is C15H21FN2O3. The molecule has 1 atom stereocenters. The first-order valence-corrected chi connectivity index (χ1v) is 7.00. The molecule has 2 N–H and O–H groups in total. The van der Waals surface area contributed by atoms with Gasteiger partial charge in [0.25, 0.3) is 0 Å². The molecular weight excluding hydrogens is 275 g/mol. The molecule has 1 unspecified atom stereocenters. The molecule has 1 aliphatic rings. The average Bonchev–Trinajstić information content (AvgIpc) is 2.49. The first-order chi connectivity index (χ1) is 10.1. The lowest BCUT2D eigenvalue weighted by molar-refractivity contribution is -0.145. The van der Waals surface area contributed by atoms with Gasteiger partial charge >= 0.3 is 5.97 Å². The Bertz CT molecular complexity index is 496. The molecule has 0 aliphatic carbocycles. The Morgan fingerprint density at radius 1 is 1.52 bits per heavy atom. The van der Waals surface area contributed by atoms with Crippen LogP contribution in [0.3, 0.4) is 0 Å². The van der Waals surface area contributed by atoms with Crippen LogP contribution in [0.1, 0.15) is 17.5 Å². The van der Waals surface area contributed by atoms with Crippen LogP contribution in [0, 0.1) is 5.82 Å². The van der Waals surface area contributed by atoms with Crippen molar-refractivity contribution in [2.45, 2.75) is 25.6 Å². The van der Waals surface area contributed by atoms with Gasteiger partial charge in [-0.2, -0.15) is 0 Å². The molecule has 0 spiro atoms. The number of ether oxygens (including phenoxy) is 2. The smallest absolute Gasteiger partial charge is 0.308 e. The lowest BCUT2D eigenvalue weighted by Crippen LogP contribution is -2.43. The lowest BCUT2D eigenvalue weighted by Gasteiger charge is -2.32. The van der Waals surface area contributed by atoms with E-state index in [1.54, 1.807) is 6.07 Å². The minimum absolute atomic E-state index is 0.159. The summed E-state index contributed by atoms with van der Waals surface area (Å²) in [4.78, 5) is 13.5. The number of esters is 1. The van der Waals surface area contributed by atoms with Crippen LogP contribution in [-0.2, 0) is 27.4 Å². The molecule has 0 saturated carbocycles. The summed E-state index contributed by atoms with van der Waals surface area (Å²) in [6.45, 7) is 2.98. The van der Waals surface area contributed by atoms with E-state index in [0.29, 0.717) is 26.2 Å². The predicted octanol–water partition coefficient (Wildman–Crippen LogP) is 1.05. The third-order valence-corrected chi connectivity index (χ3v) is 3.63. The maximum absolute atomic E-state index is 13.2. The van der Waals surface area contributed by atoms with Crippen LogP contribution in [0.25, 0.3) is 0 Å². The maximum Gasteiger partial charge on any atom is 0.308 e. The van der Waals surface area contributed by atoms with E-state index in [-0.39, 0.29) is 24.3 Å². The summed E-state index contributed by atoms with van der Waals surface area (Å²) in [6, 6.07) is 4.69. The zero-order chi connectivity index (χ0) is 15.2. The standard InChI is InChI=1S/C15H21FN2O3/c1-20-15(19)7-14-10-18(4-5-21-14)9-11-2-3-13(16)6-12(11)8-17/h2-3,6,14H,4-5,7-10,17H2,1H3. The number of carbonyl (C=O) groups excluding carboxylic acids is 1. The van der Waals surface area contributed by atoms with Gasteiger partial charge in [0.1, 0.15) is 5.82 Å². The third kappa shape index (κ3) is 4.49. The summed E-state index contributed by atoms with van der Waals surface area (Å²) in [5.74, 6) is -0.545. The largest absolute Gasteiger partial charge is 0.469 e. The quantitative estimate of drug-likeness (QED) is 0.823. The number of nitrogens with two attached hydrogens (primary N) is 1. The summed E-state index contributed by atoms with van der Waals surface area (Å²) in [5, 5.41) is 0. The summed E-state index contributed by atoms with van der Waals surface area (Å²) in [5.41, 5.74) is 7.49. The number of carbonyl (C=O) groups is 1. The van der Waals surface area contributed by atoms with Gasteiger partial charge in [-0.1, -0.05) is 6.07 Å². The Balaban J connectivity index is 1.97. The van der Waals surface area contributed by atoms with Crippen LogP contribution in [-0.4, -0.2) is 43.8 Å². The number of morpholine rings is 1. The molecule has 1 heterocycles. The highest BCUT2D eigenvalue weighted by molar-refractivity contribution is 5.69. The van der Waals surface area contributed by atoms with E-state index in [0.717, 1.165) is 17.7 Å². The molecule has 116 valence electrons. The van der Waals surface area contributed by atoms with Crippen molar-refractivity contribution in [1.29, 1.82) is 0 Å². The predicted molar refractivity (Wildman–Crippen MR) is 75.9 cm³/mol. The highest BCUT2D eigenvalue weighted by atomic mass is 19.1. The zero-order valence-electron chi connectivity index (χ0n) is 12.2. The molecule has 0 aromatic heterocycles. The highest BCUT2D eigenvalue weighted by Crippen LogP contribution is 2.17. The molecule has 1 saturated heterocycles. The van der Waals surface area contributed by atoms with E-state index >= 15 is 0 Å². The van der Waals surface area contributed by atoms with Crippen LogP contribution < -0.4 is 5.73 Å². The monoisotopic (exact) mass is 296 g/mol. The van der Waals surface area contributed by atoms with E-state index in [4.69, 9.17) is 10.5 Å².